The summed E-state index contributed by atoms with van der Waals surface area (Å²) in [6.07, 6.45) is 4.71. The van der Waals surface area contributed by atoms with Gasteiger partial charge < -0.3 is 5.11 Å². The summed E-state index contributed by atoms with van der Waals surface area (Å²) in [5.74, 6) is 0.395. The molecule has 1 unspecified atom stereocenters. The third kappa shape index (κ3) is 4.90. The van der Waals surface area contributed by atoms with Crippen LogP contribution in [0.15, 0.2) is 36.7 Å². The third-order valence-electron chi connectivity index (χ3n) is 4.88. The normalized spacial score (nSPS) is 19.3. The maximum absolute atomic E-state index is 13.1. The van der Waals surface area contributed by atoms with Gasteiger partial charge >= 0.3 is 0 Å². The van der Waals surface area contributed by atoms with E-state index in [-0.39, 0.29) is 12.4 Å². The Bertz CT molecular complexity index is 685. The Morgan fingerprint density at radius 1 is 1.23 bits per heavy atom. The van der Waals surface area contributed by atoms with Gasteiger partial charge in [-0.2, -0.15) is 5.10 Å². The van der Waals surface area contributed by atoms with Crippen LogP contribution in [0.2, 0.25) is 0 Å². The highest BCUT2D eigenvalue weighted by Crippen LogP contribution is 2.18. The molecule has 2 aromatic rings. The summed E-state index contributed by atoms with van der Waals surface area (Å²) in [5, 5.41) is 13.8. The van der Waals surface area contributed by atoms with Crippen molar-refractivity contribution in [3.8, 4) is 5.69 Å². The average Bonchev–Trinajstić information content (AvgIpc) is 3.06. The van der Waals surface area contributed by atoms with Crippen LogP contribution < -0.4 is 0 Å². The molecule has 1 aliphatic heterocycles. The minimum absolute atomic E-state index is 0.232. The quantitative estimate of drug-likeness (QED) is 0.824. The molecule has 1 aromatic heterocycles. The number of aliphatic hydroxyl groups excluding tert-OH is 1. The van der Waals surface area contributed by atoms with Gasteiger partial charge in [0.1, 0.15) is 5.82 Å². The Hall–Kier alpha value is -1.76. The number of aliphatic hydroxyl groups is 1. The van der Waals surface area contributed by atoms with Crippen LogP contribution in [0.3, 0.4) is 0 Å². The van der Waals surface area contributed by atoms with Gasteiger partial charge in [0, 0.05) is 57.1 Å². The van der Waals surface area contributed by atoms with Crippen molar-refractivity contribution >= 4 is 0 Å². The number of hydrogen-bond acceptors (Lipinski definition) is 4. The fourth-order valence-electron chi connectivity index (χ4n) is 3.67. The second-order valence-electron chi connectivity index (χ2n) is 7.56. The van der Waals surface area contributed by atoms with E-state index in [4.69, 9.17) is 0 Å². The third-order valence-corrected chi connectivity index (χ3v) is 4.88. The van der Waals surface area contributed by atoms with Crippen LogP contribution in [-0.2, 0) is 6.54 Å². The van der Waals surface area contributed by atoms with Gasteiger partial charge in [0.15, 0.2) is 0 Å². The molecule has 1 fully saturated rings. The van der Waals surface area contributed by atoms with Crippen LogP contribution in [0, 0.1) is 11.7 Å². The fraction of sp³-hybridized carbons (Fsp3) is 0.550. The Morgan fingerprint density at radius 2 is 2.00 bits per heavy atom. The number of halogens is 1. The molecule has 1 aromatic carbocycles. The van der Waals surface area contributed by atoms with Crippen LogP contribution in [-0.4, -0.2) is 63.5 Å². The predicted molar refractivity (Wildman–Crippen MR) is 101 cm³/mol. The minimum Gasteiger partial charge on any atom is -0.396 e. The molecule has 6 heteroatoms. The van der Waals surface area contributed by atoms with Gasteiger partial charge in [-0.3, -0.25) is 9.80 Å². The van der Waals surface area contributed by atoms with Crippen LogP contribution in [0.4, 0.5) is 4.39 Å². The summed E-state index contributed by atoms with van der Waals surface area (Å²) in [6.45, 7) is 9.67. The van der Waals surface area contributed by atoms with Crippen molar-refractivity contribution in [2.45, 2.75) is 32.9 Å². The molecule has 0 spiro atoms. The lowest BCUT2D eigenvalue weighted by Crippen LogP contribution is -2.53. The van der Waals surface area contributed by atoms with Gasteiger partial charge in [-0.15, -0.1) is 0 Å². The highest BCUT2D eigenvalue weighted by molar-refractivity contribution is 5.31. The molecule has 0 bridgehead atoms. The summed E-state index contributed by atoms with van der Waals surface area (Å²) in [5.41, 5.74) is 2.01. The SMILES string of the molecule is CC(C)CN1CCN(Cc2cnn(-c3ccc(F)cc3)c2)CC1CCO. The standard InChI is InChI=1S/C20H29FN4O/c1-16(2)12-24-9-8-23(15-20(24)7-10-26)13-17-11-22-25(14-17)19-5-3-18(21)4-6-19/h3-6,11,14,16,20,26H,7-10,12-13,15H2,1-2H3. The highest BCUT2D eigenvalue weighted by atomic mass is 19.1. The van der Waals surface area contributed by atoms with E-state index in [0.717, 1.165) is 50.4 Å². The van der Waals surface area contributed by atoms with Gasteiger partial charge in [0.25, 0.3) is 0 Å². The molecule has 5 nitrogen and oxygen atoms in total. The summed E-state index contributed by atoms with van der Waals surface area (Å²) >= 11 is 0. The lowest BCUT2D eigenvalue weighted by Gasteiger charge is -2.42. The van der Waals surface area contributed by atoms with E-state index < -0.39 is 0 Å². The first kappa shape index (κ1) is 19.0. The molecule has 0 radical (unpaired) electrons. The molecule has 1 N–H and O–H groups in total. The van der Waals surface area contributed by atoms with Gasteiger partial charge in [0.05, 0.1) is 11.9 Å². The van der Waals surface area contributed by atoms with E-state index in [9.17, 15) is 9.50 Å². The van der Waals surface area contributed by atoms with E-state index >= 15 is 0 Å². The summed E-state index contributed by atoms with van der Waals surface area (Å²) < 4.78 is 14.9. The van der Waals surface area contributed by atoms with Gasteiger partial charge in [0.2, 0.25) is 0 Å². The van der Waals surface area contributed by atoms with Crippen LogP contribution in [0.25, 0.3) is 5.69 Å². The maximum Gasteiger partial charge on any atom is 0.123 e. The molecule has 0 amide bonds. The van der Waals surface area contributed by atoms with E-state index in [0.29, 0.717) is 12.0 Å². The van der Waals surface area contributed by atoms with Crippen molar-refractivity contribution in [1.82, 2.24) is 19.6 Å². The Kier molecular flexibility index (Phi) is 6.40. The highest BCUT2D eigenvalue weighted by Gasteiger charge is 2.27. The number of rotatable bonds is 7. The van der Waals surface area contributed by atoms with Crippen molar-refractivity contribution < 1.29 is 9.50 Å². The molecule has 26 heavy (non-hydrogen) atoms. The monoisotopic (exact) mass is 360 g/mol. The molecule has 1 saturated heterocycles. The molecule has 0 aliphatic carbocycles. The van der Waals surface area contributed by atoms with E-state index in [1.165, 1.54) is 12.1 Å². The van der Waals surface area contributed by atoms with E-state index in [1.807, 2.05) is 12.4 Å². The Balaban J connectivity index is 1.61. The first-order chi connectivity index (χ1) is 12.5. The second kappa shape index (κ2) is 8.75. The number of benzene rings is 1. The summed E-state index contributed by atoms with van der Waals surface area (Å²) in [4.78, 5) is 4.95. The van der Waals surface area contributed by atoms with Crippen LogP contribution in [0.1, 0.15) is 25.8 Å². The van der Waals surface area contributed by atoms with Gasteiger partial charge in [-0.05, 0) is 36.6 Å². The van der Waals surface area contributed by atoms with E-state index in [1.54, 1.807) is 16.8 Å². The second-order valence-corrected chi connectivity index (χ2v) is 7.56. The molecule has 142 valence electrons. The largest absolute Gasteiger partial charge is 0.396 e. The topological polar surface area (TPSA) is 44.5 Å². The molecular weight excluding hydrogens is 331 g/mol. The van der Waals surface area contributed by atoms with Crippen molar-refractivity contribution in [1.29, 1.82) is 0 Å². The van der Waals surface area contributed by atoms with Gasteiger partial charge in [-0.1, -0.05) is 13.8 Å². The summed E-state index contributed by atoms with van der Waals surface area (Å²) in [6, 6.07) is 6.76. The van der Waals surface area contributed by atoms with Gasteiger partial charge in [-0.25, -0.2) is 9.07 Å². The van der Waals surface area contributed by atoms with Crippen molar-refractivity contribution in [3.63, 3.8) is 0 Å². The number of nitrogens with zero attached hydrogens (tertiary/aromatic N) is 4. The number of hydrogen-bond donors (Lipinski definition) is 1. The molecule has 2 heterocycles. The molecule has 1 aliphatic rings. The zero-order valence-corrected chi connectivity index (χ0v) is 15.7. The van der Waals surface area contributed by atoms with Crippen molar-refractivity contribution in [2.24, 2.45) is 5.92 Å². The average molecular weight is 360 g/mol. The lowest BCUT2D eigenvalue weighted by atomic mass is 10.1. The molecule has 0 saturated carbocycles. The Labute approximate surface area is 155 Å². The van der Waals surface area contributed by atoms with Crippen LogP contribution >= 0.6 is 0 Å². The fourth-order valence-corrected chi connectivity index (χ4v) is 3.67. The van der Waals surface area contributed by atoms with E-state index in [2.05, 4.69) is 28.7 Å². The predicted octanol–water partition coefficient (Wildman–Crippen LogP) is 2.54. The molecular formula is C20H29FN4O. The molecule has 3 rings (SSSR count). The smallest absolute Gasteiger partial charge is 0.123 e. The van der Waals surface area contributed by atoms with Crippen molar-refractivity contribution in [2.75, 3.05) is 32.8 Å². The summed E-state index contributed by atoms with van der Waals surface area (Å²) in [7, 11) is 0. The zero-order valence-electron chi connectivity index (χ0n) is 15.7. The first-order valence-corrected chi connectivity index (χ1v) is 9.42. The lowest BCUT2D eigenvalue weighted by molar-refractivity contribution is 0.0477. The Morgan fingerprint density at radius 3 is 2.69 bits per heavy atom. The first-order valence-electron chi connectivity index (χ1n) is 9.42. The minimum atomic E-state index is -0.240. The zero-order chi connectivity index (χ0) is 18.5. The maximum atomic E-state index is 13.1. The number of piperazine rings is 1. The number of aromatic nitrogens is 2. The van der Waals surface area contributed by atoms with Crippen molar-refractivity contribution in [3.05, 3.63) is 48.0 Å². The molecule has 1 atom stereocenters. The van der Waals surface area contributed by atoms with Crippen LogP contribution in [0.5, 0.6) is 0 Å².